The van der Waals surface area contributed by atoms with Crippen LogP contribution in [0.2, 0.25) is 10.0 Å². The Morgan fingerprint density at radius 3 is 2.32 bits per heavy atom. The third-order valence-electron chi connectivity index (χ3n) is 3.16. The number of halogens is 2. The van der Waals surface area contributed by atoms with E-state index in [9.17, 15) is 9.59 Å². The van der Waals surface area contributed by atoms with Gasteiger partial charge in [-0.1, -0.05) is 59.1 Å². The van der Waals surface area contributed by atoms with Crippen molar-refractivity contribution in [2.45, 2.75) is 20.0 Å². The average molecular weight is 337 g/mol. The van der Waals surface area contributed by atoms with Crippen molar-refractivity contribution < 1.29 is 14.3 Å². The molecule has 0 aliphatic carbocycles. The highest BCUT2D eigenvalue weighted by molar-refractivity contribution is 6.43. The fourth-order valence-electron chi connectivity index (χ4n) is 1.89. The zero-order valence-corrected chi connectivity index (χ0v) is 13.6. The van der Waals surface area contributed by atoms with E-state index in [2.05, 4.69) is 0 Å². The zero-order chi connectivity index (χ0) is 16.3. The molecular formula is C17H14Cl2O3. The molecule has 0 unspecified atom stereocenters. The number of Topliss-reactive ketones (excluding diaryl/α,β-unsaturated/α-hetero) is 1. The first-order chi connectivity index (χ1) is 10.4. The van der Waals surface area contributed by atoms with Crippen LogP contribution in [0, 0.1) is 6.92 Å². The molecule has 0 fully saturated rings. The van der Waals surface area contributed by atoms with Gasteiger partial charge in [0.05, 0.1) is 15.6 Å². The van der Waals surface area contributed by atoms with E-state index in [1.807, 2.05) is 19.1 Å². The molecule has 114 valence electrons. The Hall–Kier alpha value is -1.84. The minimum absolute atomic E-state index is 0.115. The number of carbonyl (C=O) groups excluding carboxylic acids is 2. The van der Waals surface area contributed by atoms with Crippen LogP contribution in [0.3, 0.4) is 0 Å². The van der Waals surface area contributed by atoms with E-state index >= 15 is 0 Å². The van der Waals surface area contributed by atoms with Gasteiger partial charge in [-0.3, -0.25) is 4.79 Å². The summed E-state index contributed by atoms with van der Waals surface area (Å²) in [5, 5.41) is 0.373. The monoisotopic (exact) mass is 336 g/mol. The molecule has 0 aromatic heterocycles. The molecule has 22 heavy (non-hydrogen) atoms. The normalized spacial score (nSPS) is 11.8. The maximum absolute atomic E-state index is 12.2. The van der Waals surface area contributed by atoms with Gasteiger partial charge in [-0.15, -0.1) is 0 Å². The van der Waals surface area contributed by atoms with Crippen molar-refractivity contribution in [3.05, 3.63) is 69.2 Å². The number of hydrogen-bond donors (Lipinski definition) is 0. The number of hydrogen-bond acceptors (Lipinski definition) is 3. The summed E-state index contributed by atoms with van der Waals surface area (Å²) in [7, 11) is 0. The van der Waals surface area contributed by atoms with Gasteiger partial charge < -0.3 is 4.74 Å². The third kappa shape index (κ3) is 3.67. The lowest BCUT2D eigenvalue weighted by molar-refractivity contribution is 0.0319. The molecule has 0 aliphatic heterocycles. The number of carbonyl (C=O) groups is 2. The lowest BCUT2D eigenvalue weighted by Crippen LogP contribution is -2.24. The van der Waals surface area contributed by atoms with Crippen LogP contribution >= 0.6 is 23.2 Å². The van der Waals surface area contributed by atoms with Crippen LogP contribution in [-0.2, 0) is 4.74 Å². The first kappa shape index (κ1) is 16.5. The molecule has 0 N–H and O–H groups in total. The Bertz CT molecular complexity index is 708. The molecule has 0 heterocycles. The second-order valence-corrected chi connectivity index (χ2v) is 5.66. The van der Waals surface area contributed by atoms with E-state index in [0.717, 1.165) is 5.56 Å². The van der Waals surface area contributed by atoms with Crippen LogP contribution in [0.4, 0.5) is 0 Å². The first-order valence-electron chi connectivity index (χ1n) is 6.66. The number of ether oxygens (including phenoxy) is 1. The second kappa shape index (κ2) is 6.95. The highest BCUT2D eigenvalue weighted by Crippen LogP contribution is 2.26. The van der Waals surface area contributed by atoms with Gasteiger partial charge in [-0.25, -0.2) is 4.79 Å². The summed E-state index contributed by atoms with van der Waals surface area (Å²) in [5.74, 6) is -0.952. The number of aryl methyl sites for hydroxylation is 1. The Morgan fingerprint density at radius 1 is 1.05 bits per heavy atom. The molecule has 0 aliphatic rings. The van der Waals surface area contributed by atoms with Crippen molar-refractivity contribution in [1.29, 1.82) is 0 Å². The lowest BCUT2D eigenvalue weighted by atomic mass is 10.1. The van der Waals surface area contributed by atoms with Gasteiger partial charge in [0.15, 0.2) is 6.10 Å². The summed E-state index contributed by atoms with van der Waals surface area (Å²) in [5.41, 5.74) is 1.67. The quantitative estimate of drug-likeness (QED) is 0.598. The molecule has 0 saturated carbocycles. The van der Waals surface area contributed by atoms with Crippen molar-refractivity contribution in [1.82, 2.24) is 0 Å². The van der Waals surface area contributed by atoms with Crippen LogP contribution < -0.4 is 0 Å². The number of esters is 1. The minimum Gasteiger partial charge on any atom is -0.451 e. The molecule has 0 saturated heterocycles. The van der Waals surface area contributed by atoms with E-state index in [1.165, 1.54) is 13.0 Å². The van der Waals surface area contributed by atoms with Crippen LogP contribution in [-0.4, -0.2) is 17.9 Å². The summed E-state index contributed by atoms with van der Waals surface area (Å²) >= 11 is 11.8. The summed E-state index contributed by atoms with van der Waals surface area (Å²) in [6, 6.07) is 11.7. The molecule has 2 aromatic carbocycles. The minimum atomic E-state index is -0.912. The van der Waals surface area contributed by atoms with E-state index in [-0.39, 0.29) is 21.4 Å². The average Bonchev–Trinajstić information content (AvgIpc) is 2.50. The maximum Gasteiger partial charge on any atom is 0.340 e. The highest BCUT2D eigenvalue weighted by Gasteiger charge is 2.22. The molecule has 0 radical (unpaired) electrons. The van der Waals surface area contributed by atoms with Gasteiger partial charge in [0.2, 0.25) is 5.78 Å². The van der Waals surface area contributed by atoms with Crippen molar-refractivity contribution >= 4 is 35.0 Å². The van der Waals surface area contributed by atoms with Crippen LogP contribution in [0.15, 0.2) is 42.5 Å². The predicted octanol–water partition coefficient (Wildman–Crippen LogP) is 4.73. The fourth-order valence-corrected chi connectivity index (χ4v) is 2.27. The van der Waals surface area contributed by atoms with Gasteiger partial charge in [0.1, 0.15) is 0 Å². The van der Waals surface area contributed by atoms with Gasteiger partial charge >= 0.3 is 5.97 Å². The topological polar surface area (TPSA) is 43.4 Å². The first-order valence-corrected chi connectivity index (χ1v) is 7.41. The summed E-state index contributed by atoms with van der Waals surface area (Å²) in [4.78, 5) is 24.3. The Kier molecular flexibility index (Phi) is 5.22. The molecule has 0 amide bonds. The molecule has 2 aromatic rings. The molecule has 3 nitrogen and oxygen atoms in total. The van der Waals surface area contributed by atoms with E-state index in [0.29, 0.717) is 5.56 Å². The predicted molar refractivity (Wildman–Crippen MR) is 86.8 cm³/mol. The summed E-state index contributed by atoms with van der Waals surface area (Å²) < 4.78 is 5.19. The van der Waals surface area contributed by atoms with Gasteiger partial charge in [-0.2, -0.15) is 0 Å². The standard InChI is InChI=1S/C17H14Cl2O3/c1-10-6-8-12(9-7-10)16(20)11(2)22-17(21)13-4-3-5-14(18)15(13)19/h3-9,11H,1-2H3/t11-/m0/s1. The zero-order valence-electron chi connectivity index (χ0n) is 12.1. The summed E-state index contributed by atoms with van der Waals surface area (Å²) in [6.07, 6.45) is -0.912. The smallest absolute Gasteiger partial charge is 0.340 e. The third-order valence-corrected chi connectivity index (χ3v) is 3.98. The van der Waals surface area contributed by atoms with E-state index in [1.54, 1.807) is 24.3 Å². The molecule has 5 heteroatoms. The van der Waals surface area contributed by atoms with Crippen LogP contribution in [0.5, 0.6) is 0 Å². The maximum atomic E-state index is 12.2. The van der Waals surface area contributed by atoms with Gasteiger partial charge in [-0.05, 0) is 26.0 Å². The SMILES string of the molecule is Cc1ccc(C(=O)[C@H](C)OC(=O)c2cccc(Cl)c2Cl)cc1. The van der Waals surface area contributed by atoms with Crippen molar-refractivity contribution in [3.63, 3.8) is 0 Å². The Morgan fingerprint density at radius 2 is 1.68 bits per heavy atom. The highest BCUT2D eigenvalue weighted by atomic mass is 35.5. The fraction of sp³-hybridized carbons (Fsp3) is 0.176. The number of ketones is 1. The van der Waals surface area contributed by atoms with Crippen molar-refractivity contribution in [3.8, 4) is 0 Å². The number of rotatable bonds is 4. The van der Waals surface area contributed by atoms with Crippen molar-refractivity contribution in [2.24, 2.45) is 0 Å². The van der Waals surface area contributed by atoms with Crippen LogP contribution in [0.25, 0.3) is 0 Å². The van der Waals surface area contributed by atoms with Crippen molar-refractivity contribution in [2.75, 3.05) is 0 Å². The van der Waals surface area contributed by atoms with Crippen LogP contribution in [0.1, 0.15) is 33.2 Å². The van der Waals surface area contributed by atoms with E-state index < -0.39 is 12.1 Å². The molecular weight excluding hydrogens is 323 g/mol. The van der Waals surface area contributed by atoms with E-state index in [4.69, 9.17) is 27.9 Å². The molecule has 0 spiro atoms. The molecule has 2 rings (SSSR count). The summed E-state index contributed by atoms with van der Waals surface area (Å²) in [6.45, 7) is 3.46. The molecule has 0 bridgehead atoms. The van der Waals surface area contributed by atoms with Gasteiger partial charge in [0.25, 0.3) is 0 Å². The second-order valence-electron chi connectivity index (χ2n) is 4.88. The number of benzene rings is 2. The Balaban J connectivity index is 2.12. The Labute approximate surface area is 138 Å². The largest absolute Gasteiger partial charge is 0.451 e. The van der Waals surface area contributed by atoms with Gasteiger partial charge in [0, 0.05) is 5.56 Å². The molecule has 1 atom stereocenters. The lowest BCUT2D eigenvalue weighted by Gasteiger charge is -2.13.